The molecule has 0 radical (unpaired) electrons. The molecule has 3 unspecified atom stereocenters. The van der Waals surface area contributed by atoms with Gasteiger partial charge in [0, 0.05) is 29.0 Å². The van der Waals surface area contributed by atoms with Crippen LogP contribution < -0.4 is 4.90 Å². The van der Waals surface area contributed by atoms with Crippen LogP contribution in [0.1, 0.15) is 38.0 Å². The van der Waals surface area contributed by atoms with Gasteiger partial charge in [0.2, 0.25) is 11.8 Å². The predicted molar refractivity (Wildman–Crippen MR) is 113 cm³/mol. The lowest BCUT2D eigenvalue weighted by Gasteiger charge is -2.33. The molecule has 1 aromatic carbocycles. The summed E-state index contributed by atoms with van der Waals surface area (Å²) in [6.45, 7) is -0.0747. The van der Waals surface area contributed by atoms with E-state index in [2.05, 4.69) is 25.1 Å². The Morgan fingerprint density at radius 3 is 2.71 bits per heavy atom. The van der Waals surface area contributed by atoms with E-state index in [4.69, 9.17) is 20.8 Å². The van der Waals surface area contributed by atoms with Crippen LogP contribution >= 0.6 is 11.6 Å². The van der Waals surface area contributed by atoms with Crippen molar-refractivity contribution in [2.75, 3.05) is 4.90 Å². The second-order valence-corrected chi connectivity index (χ2v) is 8.37. The molecule has 1 aliphatic heterocycles. The second-order valence-electron chi connectivity index (χ2n) is 7.94. The molecule has 9 heteroatoms. The number of halogens is 1. The van der Waals surface area contributed by atoms with Gasteiger partial charge in [0.05, 0.1) is 0 Å². The molecule has 0 spiro atoms. The first kappa shape index (κ1) is 19.9. The number of aromatic nitrogens is 4. The fourth-order valence-electron chi connectivity index (χ4n) is 4.63. The van der Waals surface area contributed by atoms with E-state index in [1.807, 2.05) is 0 Å². The maximum atomic E-state index is 13.0. The molecule has 1 saturated heterocycles. The van der Waals surface area contributed by atoms with Crippen molar-refractivity contribution in [3.63, 3.8) is 0 Å². The molecule has 3 heterocycles. The summed E-state index contributed by atoms with van der Waals surface area (Å²) in [4.78, 5) is 23.9. The van der Waals surface area contributed by atoms with Crippen LogP contribution in [-0.2, 0) is 16.1 Å². The van der Waals surface area contributed by atoms with Gasteiger partial charge in [-0.1, -0.05) is 24.4 Å². The first-order valence-corrected chi connectivity index (χ1v) is 10.9. The molecule has 5 rings (SSSR count). The number of benzene rings is 1. The van der Waals surface area contributed by atoms with Gasteiger partial charge in [-0.05, 0) is 55.5 Å². The number of anilines is 1. The smallest absolute Gasteiger partial charge is 0.329 e. The fraction of sp³-hybridized carbons (Fsp3) is 0.409. The van der Waals surface area contributed by atoms with E-state index in [0.29, 0.717) is 22.8 Å². The second kappa shape index (κ2) is 8.63. The zero-order chi connectivity index (χ0) is 21.2. The SMILES string of the molecule is O=C(OCc1nnc(-c2ccc(Cl)cc2)o1)C1CC2CCCCC2N1c1ncccn1. The van der Waals surface area contributed by atoms with Gasteiger partial charge >= 0.3 is 5.97 Å². The van der Waals surface area contributed by atoms with Crippen LogP contribution in [0.15, 0.2) is 47.1 Å². The molecular weight excluding hydrogens is 418 g/mol. The Bertz CT molecular complexity index is 1040. The molecule has 3 atom stereocenters. The number of esters is 1. The molecule has 0 amide bonds. The van der Waals surface area contributed by atoms with Gasteiger partial charge in [0.1, 0.15) is 6.04 Å². The summed E-state index contributed by atoms with van der Waals surface area (Å²) in [7, 11) is 0. The molecular formula is C22H22ClN5O3. The zero-order valence-corrected chi connectivity index (χ0v) is 17.6. The van der Waals surface area contributed by atoms with Gasteiger partial charge in [0.15, 0.2) is 6.61 Å². The lowest BCUT2D eigenvalue weighted by atomic mass is 9.85. The van der Waals surface area contributed by atoms with Crippen LogP contribution in [0.4, 0.5) is 5.95 Å². The third-order valence-electron chi connectivity index (χ3n) is 6.04. The highest BCUT2D eigenvalue weighted by molar-refractivity contribution is 6.30. The molecule has 3 aromatic rings. The topological polar surface area (TPSA) is 94.2 Å². The van der Waals surface area contributed by atoms with Crippen molar-refractivity contribution in [1.82, 2.24) is 20.2 Å². The largest absolute Gasteiger partial charge is 0.454 e. The van der Waals surface area contributed by atoms with E-state index in [1.165, 1.54) is 6.42 Å². The van der Waals surface area contributed by atoms with Crippen molar-refractivity contribution in [1.29, 1.82) is 0 Å². The van der Waals surface area contributed by atoms with Gasteiger partial charge < -0.3 is 14.1 Å². The lowest BCUT2D eigenvalue weighted by Crippen LogP contribution is -2.44. The summed E-state index contributed by atoms with van der Waals surface area (Å²) >= 11 is 5.92. The monoisotopic (exact) mass is 439 g/mol. The molecule has 2 aliphatic rings. The zero-order valence-electron chi connectivity index (χ0n) is 16.9. The van der Waals surface area contributed by atoms with Gasteiger partial charge in [-0.3, -0.25) is 0 Å². The highest BCUT2D eigenvalue weighted by Gasteiger charge is 2.47. The Balaban J connectivity index is 1.29. The summed E-state index contributed by atoms with van der Waals surface area (Å²) in [5, 5.41) is 8.66. The number of hydrogen-bond acceptors (Lipinski definition) is 8. The molecule has 1 saturated carbocycles. The summed E-state index contributed by atoms with van der Waals surface area (Å²) in [5.74, 6) is 1.33. The number of hydrogen-bond donors (Lipinski definition) is 0. The van der Waals surface area contributed by atoms with E-state index in [1.54, 1.807) is 42.7 Å². The average Bonchev–Trinajstić information content (AvgIpc) is 3.43. The molecule has 31 heavy (non-hydrogen) atoms. The third kappa shape index (κ3) is 4.12. The quantitative estimate of drug-likeness (QED) is 0.549. The Kier molecular flexibility index (Phi) is 5.55. The molecule has 0 N–H and O–H groups in total. The molecule has 2 aromatic heterocycles. The van der Waals surface area contributed by atoms with E-state index >= 15 is 0 Å². The van der Waals surface area contributed by atoms with E-state index in [-0.39, 0.29) is 24.5 Å². The first-order valence-electron chi connectivity index (χ1n) is 10.5. The minimum atomic E-state index is -0.408. The highest BCUT2D eigenvalue weighted by Crippen LogP contribution is 2.41. The van der Waals surface area contributed by atoms with Crippen molar-refractivity contribution in [2.45, 2.75) is 50.8 Å². The number of fused-ring (bicyclic) bond motifs is 1. The van der Waals surface area contributed by atoms with Crippen LogP contribution in [0.25, 0.3) is 11.5 Å². The maximum Gasteiger partial charge on any atom is 0.329 e. The minimum absolute atomic E-state index is 0.0747. The predicted octanol–water partition coefficient (Wildman–Crippen LogP) is 4.06. The molecule has 0 bridgehead atoms. The Hall–Kier alpha value is -3.00. The summed E-state index contributed by atoms with van der Waals surface area (Å²) < 4.78 is 11.2. The number of rotatable bonds is 5. The van der Waals surface area contributed by atoms with Crippen LogP contribution in [-0.4, -0.2) is 38.2 Å². The van der Waals surface area contributed by atoms with Crippen LogP contribution in [0, 0.1) is 5.92 Å². The number of carbonyl (C=O) groups is 1. The maximum absolute atomic E-state index is 13.0. The van der Waals surface area contributed by atoms with E-state index in [9.17, 15) is 4.79 Å². The highest BCUT2D eigenvalue weighted by atomic mass is 35.5. The van der Waals surface area contributed by atoms with Crippen molar-refractivity contribution >= 4 is 23.5 Å². The Morgan fingerprint density at radius 2 is 1.90 bits per heavy atom. The fourth-order valence-corrected chi connectivity index (χ4v) is 4.76. The van der Waals surface area contributed by atoms with E-state index < -0.39 is 6.04 Å². The Labute approximate surface area is 184 Å². The van der Waals surface area contributed by atoms with Crippen LogP contribution in [0.5, 0.6) is 0 Å². The molecule has 2 fully saturated rings. The first-order chi connectivity index (χ1) is 15.2. The molecule has 160 valence electrons. The van der Waals surface area contributed by atoms with E-state index in [0.717, 1.165) is 31.2 Å². The average molecular weight is 440 g/mol. The lowest BCUT2D eigenvalue weighted by molar-refractivity contribution is -0.147. The number of ether oxygens (including phenoxy) is 1. The summed E-state index contributed by atoms with van der Waals surface area (Å²) in [6, 6.07) is 8.73. The van der Waals surface area contributed by atoms with Gasteiger partial charge in [-0.15, -0.1) is 10.2 Å². The number of nitrogens with zero attached hydrogens (tertiary/aromatic N) is 5. The van der Waals surface area contributed by atoms with Crippen LogP contribution in [0.3, 0.4) is 0 Å². The van der Waals surface area contributed by atoms with Gasteiger partial charge in [0.25, 0.3) is 5.89 Å². The number of carbonyl (C=O) groups excluding carboxylic acids is 1. The van der Waals surface area contributed by atoms with Crippen LogP contribution in [0.2, 0.25) is 5.02 Å². The van der Waals surface area contributed by atoms with Crippen molar-refractivity contribution < 1.29 is 13.9 Å². The van der Waals surface area contributed by atoms with Crippen molar-refractivity contribution in [2.24, 2.45) is 5.92 Å². The van der Waals surface area contributed by atoms with Gasteiger partial charge in [-0.2, -0.15) is 0 Å². The van der Waals surface area contributed by atoms with Crippen molar-refractivity contribution in [3.8, 4) is 11.5 Å². The van der Waals surface area contributed by atoms with Crippen molar-refractivity contribution in [3.05, 3.63) is 53.6 Å². The standard InChI is InChI=1S/C22H22ClN5O3/c23-16-8-6-14(7-9-16)20-27-26-19(31-20)13-30-21(29)18-12-15-4-1-2-5-17(15)28(18)22-24-10-3-11-25-22/h3,6-11,15,17-18H,1-2,4-5,12-13H2. The van der Waals surface area contributed by atoms with Gasteiger partial charge in [-0.25, -0.2) is 14.8 Å². The molecule has 1 aliphatic carbocycles. The normalized spacial score (nSPS) is 22.9. The minimum Gasteiger partial charge on any atom is -0.454 e. The third-order valence-corrected chi connectivity index (χ3v) is 6.29. The molecule has 8 nitrogen and oxygen atoms in total. The Morgan fingerprint density at radius 1 is 1.13 bits per heavy atom. The summed E-state index contributed by atoms with van der Waals surface area (Å²) in [6.07, 6.45) is 8.67. The summed E-state index contributed by atoms with van der Waals surface area (Å²) in [5.41, 5.74) is 0.752.